The highest BCUT2D eigenvalue weighted by atomic mass is 35.5. The summed E-state index contributed by atoms with van der Waals surface area (Å²) in [7, 11) is 5.80. The molecule has 8 amide bonds. The normalized spacial score (nSPS) is 25.6. The number of imide groups is 1. The first-order chi connectivity index (χ1) is 40.5. The molecule has 3 saturated heterocycles. The maximum Gasteiger partial charge on any atom is 0.409 e. The fourth-order valence-electron chi connectivity index (χ4n) is 9.53. The van der Waals surface area contributed by atoms with Crippen molar-refractivity contribution in [1.29, 1.82) is 0 Å². The number of methoxy groups -OCH3 is 2. The van der Waals surface area contributed by atoms with Gasteiger partial charge < -0.3 is 73.5 Å². The quantitative estimate of drug-likeness (QED) is 0.0195. The van der Waals surface area contributed by atoms with Gasteiger partial charge in [-0.3, -0.25) is 48.6 Å². The number of carbonyl (C=O) groups is 9. The number of benzene rings is 1. The van der Waals surface area contributed by atoms with Gasteiger partial charge >= 0.3 is 12.1 Å². The summed E-state index contributed by atoms with van der Waals surface area (Å²) in [5.41, 5.74) is -1.27. The number of rotatable bonds is 30. The summed E-state index contributed by atoms with van der Waals surface area (Å²) in [5.74, 6) is 0.685. The lowest BCUT2D eigenvalue weighted by molar-refractivity contribution is -0.162. The summed E-state index contributed by atoms with van der Waals surface area (Å²) in [5, 5.41) is 21.5. The van der Waals surface area contributed by atoms with Crippen LogP contribution >= 0.6 is 23.4 Å². The second-order valence-corrected chi connectivity index (χ2v) is 22.5. The molecule has 0 aromatic heterocycles. The van der Waals surface area contributed by atoms with E-state index in [9.17, 15) is 48.3 Å². The summed E-state index contributed by atoms with van der Waals surface area (Å²) in [6, 6.07) is 2.33. The number of halogens is 1. The molecule has 0 saturated carbocycles. The topological polar surface area (TPSA) is 353 Å². The van der Waals surface area contributed by atoms with Crippen LogP contribution in [0.4, 0.5) is 10.5 Å². The second kappa shape index (κ2) is 33.8. The number of thioether (sulfide) groups is 1. The third-order valence-electron chi connectivity index (χ3n) is 14.6. The number of epoxide rings is 1. The van der Waals surface area contributed by atoms with Crippen LogP contribution in [-0.4, -0.2) is 235 Å². The molecule has 4 heterocycles. The third-order valence-corrected chi connectivity index (χ3v) is 16.2. The molecule has 9 atom stereocenters. The van der Waals surface area contributed by atoms with Crippen molar-refractivity contribution in [3.8, 4) is 5.75 Å². The molecule has 85 heavy (non-hydrogen) atoms. The molecule has 3 fully saturated rings. The first kappa shape index (κ1) is 69.8. The Balaban J connectivity index is 1.06. The van der Waals surface area contributed by atoms with Crippen molar-refractivity contribution >= 4 is 82.5 Å². The van der Waals surface area contributed by atoms with Gasteiger partial charge in [0.05, 0.1) is 70.2 Å². The Morgan fingerprint density at radius 3 is 2.16 bits per heavy atom. The Kier molecular flexibility index (Phi) is 27.7. The first-order valence-corrected chi connectivity index (χ1v) is 29.1. The molecule has 4 aliphatic rings. The van der Waals surface area contributed by atoms with E-state index >= 15 is 0 Å². The van der Waals surface area contributed by atoms with E-state index < -0.39 is 101 Å². The van der Waals surface area contributed by atoms with Crippen molar-refractivity contribution < 1.29 is 95.7 Å². The van der Waals surface area contributed by atoms with E-state index in [-0.39, 0.29) is 127 Å². The lowest BCUT2D eigenvalue weighted by atomic mass is 9.83. The number of hydrogen-bond donors (Lipinski definition) is 6. The maximum absolute atomic E-state index is 14.4. The van der Waals surface area contributed by atoms with Gasteiger partial charge in [0.2, 0.25) is 41.4 Å². The largest absolute Gasteiger partial charge is 0.495 e. The van der Waals surface area contributed by atoms with Gasteiger partial charge in [0, 0.05) is 78.3 Å². The highest BCUT2D eigenvalue weighted by Gasteiger charge is 2.64. The van der Waals surface area contributed by atoms with Crippen LogP contribution in [0.3, 0.4) is 0 Å². The van der Waals surface area contributed by atoms with Crippen molar-refractivity contribution in [1.82, 2.24) is 31.1 Å². The van der Waals surface area contributed by atoms with Crippen LogP contribution in [-0.2, 0) is 87.5 Å². The molecule has 5 rings (SSSR count). The van der Waals surface area contributed by atoms with E-state index in [4.69, 9.17) is 60.1 Å². The van der Waals surface area contributed by atoms with E-state index in [1.807, 2.05) is 13.0 Å². The van der Waals surface area contributed by atoms with Gasteiger partial charge in [-0.1, -0.05) is 42.3 Å². The number of likely N-dealkylation sites (tertiary alicyclic amines) is 1. The second-order valence-electron chi connectivity index (χ2n) is 20.8. The van der Waals surface area contributed by atoms with Crippen LogP contribution in [0.25, 0.3) is 0 Å². The average molecular weight is 1240 g/mol. The zero-order valence-corrected chi connectivity index (χ0v) is 50.8. The summed E-state index contributed by atoms with van der Waals surface area (Å²) in [6.45, 7) is 7.48. The predicted molar refractivity (Wildman–Crippen MR) is 306 cm³/mol. The first-order valence-electron chi connectivity index (χ1n) is 27.7. The molecular formula is C55H81ClN8O20S. The Morgan fingerprint density at radius 2 is 1.54 bits per heavy atom. The van der Waals surface area contributed by atoms with Gasteiger partial charge in [-0.15, -0.1) is 11.8 Å². The number of allylic oxidation sites excluding steroid dienone is 3. The standard InChI is InChI=1S/C55H81ClN8O20S/c1-33-10-9-11-41(76-8)55(74)29-39(82-53(73)61-55)34(2)50-54(4,84-50)42(28-47(69)63(6)37-25-36(24-33)26-38(75-7)49(37)56)83-52(72)35(3)62(5)46(68)12-23-85-40-27-48(70)64(51(40)71)16-13-58-43(65)30-79-21-19-77-17-14-59-44(66)31-80-22-20-78-18-15-60-45(67)32-81-57/h9-11,25-26,34-35,39-42,50,74H,12-24,27-32,57H2,1-8H3,(H,58,65)(H,59,66)(H,60,67)(H,61,73)/b11-9+,33-10+/t34?,35-,39-,40?,41+,42-,50-,54-,55-/m1/s1. The molecule has 2 unspecified atom stereocenters. The van der Waals surface area contributed by atoms with Crippen molar-refractivity contribution in [3.63, 3.8) is 0 Å². The van der Waals surface area contributed by atoms with E-state index in [1.54, 1.807) is 38.1 Å². The Labute approximate surface area is 502 Å². The molecular weight excluding hydrogens is 1160 g/mol. The Hall–Kier alpha value is -5.99. The molecule has 0 radical (unpaired) electrons. The molecule has 0 aliphatic carbocycles. The number of esters is 1. The lowest BCUT2D eigenvalue weighted by Crippen LogP contribution is -2.63. The molecule has 28 nitrogen and oxygen atoms in total. The summed E-state index contributed by atoms with van der Waals surface area (Å²) in [6.07, 6.45) is -0.0431. The Morgan fingerprint density at radius 1 is 0.918 bits per heavy atom. The molecule has 1 aromatic rings. The number of alkyl carbamates (subject to hydrolysis) is 1. The molecule has 4 bridgehead atoms. The van der Waals surface area contributed by atoms with Crippen molar-refractivity contribution in [2.45, 2.75) is 107 Å². The highest BCUT2D eigenvalue weighted by molar-refractivity contribution is 8.00. The molecule has 4 aliphatic heterocycles. The smallest absolute Gasteiger partial charge is 0.409 e. The molecule has 30 heteroatoms. The summed E-state index contributed by atoms with van der Waals surface area (Å²) < 4.78 is 50.6. The number of ether oxygens (including phenoxy) is 9. The van der Waals surface area contributed by atoms with Gasteiger partial charge in [0.15, 0.2) is 5.72 Å². The fraction of sp³-hybridized carbons (Fsp3) is 0.655. The van der Waals surface area contributed by atoms with E-state index in [0.29, 0.717) is 17.9 Å². The van der Waals surface area contributed by atoms with Crippen LogP contribution in [0.1, 0.15) is 58.9 Å². The molecule has 474 valence electrons. The van der Waals surface area contributed by atoms with Gasteiger partial charge in [0.25, 0.3) is 0 Å². The number of likely N-dealkylation sites (N-methyl/N-ethyl adjacent to an activating group) is 1. The highest BCUT2D eigenvalue weighted by Crippen LogP contribution is 2.49. The van der Waals surface area contributed by atoms with E-state index in [1.165, 1.54) is 45.0 Å². The molecule has 1 aromatic carbocycles. The number of hydrogen-bond acceptors (Lipinski definition) is 22. The van der Waals surface area contributed by atoms with E-state index in [0.717, 1.165) is 27.8 Å². The summed E-state index contributed by atoms with van der Waals surface area (Å²) >= 11 is 7.93. The number of amides is 8. The average Bonchev–Trinajstić information content (AvgIpc) is 2.23. The minimum absolute atomic E-state index is 0.0239. The van der Waals surface area contributed by atoms with Crippen LogP contribution in [0, 0.1) is 5.92 Å². The minimum Gasteiger partial charge on any atom is -0.495 e. The lowest BCUT2D eigenvalue weighted by Gasteiger charge is -2.42. The van der Waals surface area contributed by atoms with Crippen molar-refractivity contribution in [2.24, 2.45) is 11.8 Å². The van der Waals surface area contributed by atoms with Gasteiger partial charge in [-0.2, -0.15) is 0 Å². The summed E-state index contributed by atoms with van der Waals surface area (Å²) in [4.78, 5) is 125. The third kappa shape index (κ3) is 20.6. The molecule has 0 spiro atoms. The number of anilines is 1. The number of carbonyl (C=O) groups excluding carboxylic acids is 9. The molecule has 7 N–H and O–H groups in total. The SMILES string of the molecule is COc1cc2cc(c1Cl)N(C)C(=O)C[C@@H](OC(=O)[C@@H](C)N(C)C(=O)CCSC1CC(=O)N(CCNC(=O)COCCOCCNC(=O)COCCOCCNC(=O)CON)C1=O)[C@@]1(C)O[C@@H]1C(C)[C@H]1C[C@](O)(NC(=O)O1)[C@@H](OC)/C=C/C=C(\C)C2. The van der Waals surface area contributed by atoms with Gasteiger partial charge in [-0.25, -0.2) is 15.5 Å². The van der Waals surface area contributed by atoms with Crippen LogP contribution < -0.4 is 36.8 Å². The minimum atomic E-state index is -1.90. The van der Waals surface area contributed by atoms with Crippen LogP contribution in [0.5, 0.6) is 5.75 Å². The van der Waals surface area contributed by atoms with Gasteiger partial charge in [-0.05, 0) is 44.9 Å². The monoisotopic (exact) mass is 1240 g/mol. The zero-order valence-electron chi connectivity index (χ0n) is 49.3. The number of aliphatic hydroxyl groups is 1. The van der Waals surface area contributed by atoms with Crippen LogP contribution in [0.2, 0.25) is 5.02 Å². The van der Waals surface area contributed by atoms with E-state index in [2.05, 4.69) is 26.1 Å². The number of nitrogens with two attached hydrogens (primary N) is 1. The fourth-order valence-corrected chi connectivity index (χ4v) is 11.0. The zero-order chi connectivity index (χ0) is 62.4. The predicted octanol–water partition coefficient (Wildman–Crippen LogP) is 0.0706. The van der Waals surface area contributed by atoms with Crippen molar-refractivity contribution in [2.75, 3.05) is 125 Å². The maximum atomic E-state index is 14.4. The number of nitrogens with zero attached hydrogens (tertiary/aromatic N) is 3. The van der Waals surface area contributed by atoms with Crippen molar-refractivity contribution in [3.05, 3.63) is 46.5 Å². The number of nitrogens with one attached hydrogen (secondary N) is 4. The number of fused-ring (bicyclic) bond motifs is 5. The van der Waals surface area contributed by atoms with Gasteiger partial charge in [0.1, 0.15) is 60.5 Å². The Bertz CT molecular complexity index is 2580. The van der Waals surface area contributed by atoms with Crippen LogP contribution in [0.15, 0.2) is 35.9 Å².